The number of carbonyl (C=O) groups is 2. The molecule has 0 aliphatic carbocycles. The van der Waals surface area contributed by atoms with Gasteiger partial charge in [0.25, 0.3) is 11.1 Å². The molecule has 6 nitrogen and oxygen atoms in total. The lowest BCUT2D eigenvalue weighted by atomic mass is 9.87. The number of imide groups is 1. The number of hydrogen-bond acceptors (Lipinski definition) is 6. The molecule has 2 aromatic carbocycles. The summed E-state index contributed by atoms with van der Waals surface area (Å²) in [4.78, 5) is 23.3. The van der Waals surface area contributed by atoms with Gasteiger partial charge in [0.1, 0.15) is 29.5 Å². The second-order valence-electron chi connectivity index (χ2n) is 8.29. The van der Waals surface area contributed by atoms with Crippen molar-refractivity contribution in [2.75, 3.05) is 6.61 Å². The van der Waals surface area contributed by atoms with Crippen molar-refractivity contribution in [3.8, 4) is 17.2 Å². The van der Waals surface area contributed by atoms with Crippen LogP contribution in [0, 0.1) is 20.8 Å². The zero-order valence-electron chi connectivity index (χ0n) is 18.0. The van der Waals surface area contributed by atoms with Gasteiger partial charge in [0.05, 0.1) is 4.91 Å². The topological polar surface area (TPSA) is 84.9 Å². The van der Waals surface area contributed by atoms with Crippen molar-refractivity contribution in [3.63, 3.8) is 0 Å². The van der Waals surface area contributed by atoms with Crippen molar-refractivity contribution in [3.05, 3.63) is 57.0 Å². The predicted octanol–water partition coefficient (Wildman–Crippen LogP) is 4.80. The number of benzene rings is 2. The molecular weight excluding hydrogens is 414 g/mol. The normalized spacial score (nSPS) is 21.6. The molecule has 2 amide bonds. The van der Waals surface area contributed by atoms with E-state index in [1.54, 1.807) is 6.08 Å². The number of fused-ring (bicyclic) bond motifs is 1. The molecule has 1 unspecified atom stereocenters. The van der Waals surface area contributed by atoms with Crippen LogP contribution in [0.5, 0.6) is 17.2 Å². The molecule has 2 N–H and O–H groups in total. The van der Waals surface area contributed by atoms with Gasteiger partial charge in [-0.15, -0.1) is 0 Å². The number of phenolic OH excluding ortho intramolecular Hbond substituents is 1. The Labute approximate surface area is 185 Å². The number of amides is 2. The van der Waals surface area contributed by atoms with E-state index >= 15 is 0 Å². The van der Waals surface area contributed by atoms with Crippen LogP contribution in [0.4, 0.5) is 4.79 Å². The molecule has 0 aromatic heterocycles. The zero-order chi connectivity index (χ0) is 22.3. The lowest BCUT2D eigenvalue weighted by molar-refractivity contribution is -0.115. The van der Waals surface area contributed by atoms with E-state index in [4.69, 9.17) is 9.47 Å². The van der Waals surface area contributed by atoms with Gasteiger partial charge in [-0.2, -0.15) is 0 Å². The summed E-state index contributed by atoms with van der Waals surface area (Å²) in [5, 5.41) is 12.2. The number of carbonyl (C=O) groups excluding carboxylic acids is 2. The van der Waals surface area contributed by atoms with E-state index < -0.39 is 5.60 Å². The van der Waals surface area contributed by atoms with Gasteiger partial charge in [0.2, 0.25) is 0 Å². The van der Waals surface area contributed by atoms with Crippen molar-refractivity contribution in [2.24, 2.45) is 0 Å². The number of phenols is 1. The van der Waals surface area contributed by atoms with Crippen LogP contribution in [0.3, 0.4) is 0 Å². The highest BCUT2D eigenvalue weighted by Crippen LogP contribution is 2.43. The molecule has 0 radical (unpaired) electrons. The largest absolute Gasteiger partial charge is 0.507 e. The zero-order valence-corrected chi connectivity index (χ0v) is 18.8. The summed E-state index contributed by atoms with van der Waals surface area (Å²) in [6.07, 6.45) is 3.29. The Morgan fingerprint density at radius 1 is 1.16 bits per heavy atom. The minimum atomic E-state index is -0.479. The fourth-order valence-corrected chi connectivity index (χ4v) is 4.55. The van der Waals surface area contributed by atoms with Crippen LogP contribution in [0.15, 0.2) is 29.2 Å². The summed E-state index contributed by atoms with van der Waals surface area (Å²) in [5.74, 6) is 1.54. The molecule has 1 fully saturated rings. The molecule has 7 heteroatoms. The van der Waals surface area contributed by atoms with Crippen molar-refractivity contribution in [1.29, 1.82) is 0 Å². The van der Waals surface area contributed by atoms with Crippen LogP contribution in [-0.4, -0.2) is 28.5 Å². The number of hydrogen-bond donors (Lipinski definition) is 2. The van der Waals surface area contributed by atoms with Crippen molar-refractivity contribution >= 4 is 29.0 Å². The van der Waals surface area contributed by atoms with Crippen LogP contribution in [-0.2, 0) is 11.2 Å². The Kier molecular flexibility index (Phi) is 5.47. The highest BCUT2D eigenvalue weighted by Gasteiger charge is 2.35. The third kappa shape index (κ3) is 4.14. The third-order valence-corrected chi connectivity index (χ3v) is 6.77. The third-order valence-electron chi connectivity index (χ3n) is 5.96. The predicted molar refractivity (Wildman–Crippen MR) is 121 cm³/mol. The first-order valence-corrected chi connectivity index (χ1v) is 11.0. The number of thioether (sulfide) groups is 1. The molecule has 0 saturated carbocycles. The molecule has 2 aliphatic rings. The van der Waals surface area contributed by atoms with E-state index in [-0.39, 0.29) is 11.1 Å². The first kappa shape index (κ1) is 21.3. The molecule has 4 rings (SSSR count). The highest BCUT2D eigenvalue weighted by atomic mass is 32.2. The SMILES string of the molecule is Cc1c(C)c2c(c(C)c1O)CCC(C)(COc1ccc(/C=C3\SC(=O)NC3=O)cc1)O2. The second kappa shape index (κ2) is 7.96. The minimum absolute atomic E-state index is 0.352. The highest BCUT2D eigenvalue weighted by molar-refractivity contribution is 8.18. The molecule has 2 aliphatic heterocycles. The van der Waals surface area contributed by atoms with Gasteiger partial charge in [-0.05, 0) is 92.8 Å². The Bertz CT molecular complexity index is 1110. The quantitative estimate of drug-likeness (QED) is 0.666. The van der Waals surface area contributed by atoms with E-state index in [9.17, 15) is 14.7 Å². The fourth-order valence-electron chi connectivity index (χ4n) is 3.87. The number of ether oxygens (including phenoxy) is 2. The van der Waals surface area contributed by atoms with Gasteiger partial charge < -0.3 is 14.6 Å². The molecule has 31 heavy (non-hydrogen) atoms. The molecule has 0 bridgehead atoms. The minimum Gasteiger partial charge on any atom is -0.507 e. The summed E-state index contributed by atoms with van der Waals surface area (Å²) in [6, 6.07) is 7.36. The van der Waals surface area contributed by atoms with Gasteiger partial charge in [-0.3, -0.25) is 14.9 Å². The summed E-state index contributed by atoms with van der Waals surface area (Å²) in [5.41, 5.74) is 4.11. The summed E-state index contributed by atoms with van der Waals surface area (Å²) in [7, 11) is 0. The van der Waals surface area contributed by atoms with Gasteiger partial charge in [-0.1, -0.05) is 12.1 Å². The Morgan fingerprint density at radius 3 is 2.52 bits per heavy atom. The van der Waals surface area contributed by atoms with E-state index in [0.29, 0.717) is 23.0 Å². The van der Waals surface area contributed by atoms with Crippen molar-refractivity contribution < 1.29 is 24.2 Å². The van der Waals surface area contributed by atoms with E-state index in [2.05, 4.69) is 5.32 Å². The first-order chi connectivity index (χ1) is 14.7. The lowest BCUT2D eigenvalue weighted by Gasteiger charge is -2.37. The van der Waals surface area contributed by atoms with Gasteiger partial charge in [0, 0.05) is 5.56 Å². The Balaban J connectivity index is 1.45. The molecule has 162 valence electrons. The average Bonchev–Trinajstić information content (AvgIpc) is 3.06. The molecule has 0 spiro atoms. The van der Waals surface area contributed by atoms with Crippen LogP contribution >= 0.6 is 11.8 Å². The van der Waals surface area contributed by atoms with Crippen LogP contribution in [0.25, 0.3) is 6.08 Å². The fraction of sp³-hybridized carbons (Fsp3) is 0.333. The van der Waals surface area contributed by atoms with Gasteiger partial charge in [0.15, 0.2) is 0 Å². The molecule has 2 heterocycles. The van der Waals surface area contributed by atoms with Crippen molar-refractivity contribution in [2.45, 2.75) is 46.1 Å². The molecule has 1 atom stereocenters. The van der Waals surface area contributed by atoms with E-state index in [0.717, 1.165) is 58.2 Å². The van der Waals surface area contributed by atoms with Crippen LogP contribution < -0.4 is 14.8 Å². The van der Waals surface area contributed by atoms with Crippen LogP contribution in [0.1, 0.15) is 41.2 Å². The number of nitrogens with one attached hydrogen (secondary N) is 1. The maximum Gasteiger partial charge on any atom is 0.290 e. The standard InChI is InChI=1S/C24H25NO5S/c1-13-14(2)21-18(15(3)20(13)26)9-10-24(4,30-21)12-29-17-7-5-16(6-8-17)11-19-22(27)25-23(28)31-19/h5-8,11,26H,9-10,12H2,1-4H3,(H,25,27,28)/b19-11-. The second-order valence-corrected chi connectivity index (χ2v) is 9.31. The van der Waals surface area contributed by atoms with Gasteiger partial charge >= 0.3 is 0 Å². The van der Waals surface area contributed by atoms with Crippen LogP contribution in [0.2, 0.25) is 0 Å². The first-order valence-electron chi connectivity index (χ1n) is 10.2. The lowest BCUT2D eigenvalue weighted by Crippen LogP contribution is -2.42. The van der Waals surface area contributed by atoms with Gasteiger partial charge in [-0.25, -0.2) is 0 Å². The smallest absolute Gasteiger partial charge is 0.290 e. The van der Waals surface area contributed by atoms with E-state index in [1.165, 1.54) is 0 Å². The summed E-state index contributed by atoms with van der Waals surface area (Å²) < 4.78 is 12.4. The maximum absolute atomic E-state index is 11.7. The summed E-state index contributed by atoms with van der Waals surface area (Å²) >= 11 is 0.898. The molecular formula is C24H25NO5S. The Morgan fingerprint density at radius 2 is 1.87 bits per heavy atom. The molecule has 2 aromatic rings. The average molecular weight is 440 g/mol. The number of aromatic hydroxyl groups is 1. The molecule has 1 saturated heterocycles. The van der Waals surface area contributed by atoms with E-state index in [1.807, 2.05) is 52.0 Å². The maximum atomic E-state index is 11.7. The van der Waals surface area contributed by atoms with Crippen molar-refractivity contribution in [1.82, 2.24) is 5.32 Å². The Hall–Kier alpha value is -2.93. The monoisotopic (exact) mass is 439 g/mol. The summed E-state index contributed by atoms with van der Waals surface area (Å²) in [6.45, 7) is 8.24. The number of rotatable bonds is 4.